The van der Waals surface area contributed by atoms with E-state index >= 15 is 0 Å². The standard InChI is InChI=1S/C27H32Cl2N2O6S/c1-38(36,37)16-5-4-15-27(13-2-3-14-27)26(35)31-22(25(33)34)17-18-9-11-19(12-10-18)30-24(32)23-20(28)7-6-8-21(23)29/h6-12,22H,2-5,13-17H2,1H3,(H,30,32)(H,31,35)(H,33,34)/t22-/m0/s1. The van der Waals surface area contributed by atoms with E-state index in [0.717, 1.165) is 12.8 Å². The van der Waals surface area contributed by atoms with Crippen LogP contribution in [0.4, 0.5) is 5.69 Å². The molecule has 1 aliphatic rings. The molecule has 2 amide bonds. The number of aliphatic carboxylic acids is 1. The molecule has 38 heavy (non-hydrogen) atoms. The van der Waals surface area contributed by atoms with Crippen molar-refractivity contribution >= 4 is 56.5 Å². The number of carbonyl (C=O) groups is 3. The molecular formula is C27H32Cl2N2O6S. The fourth-order valence-electron chi connectivity index (χ4n) is 4.85. The molecule has 11 heteroatoms. The van der Waals surface area contributed by atoms with Gasteiger partial charge in [0.25, 0.3) is 5.91 Å². The summed E-state index contributed by atoms with van der Waals surface area (Å²) in [6, 6.07) is 10.3. The number of nitrogens with one attached hydrogen (secondary N) is 2. The Hall–Kier alpha value is -2.62. The molecule has 0 radical (unpaired) electrons. The second kappa shape index (κ2) is 13.0. The molecule has 0 heterocycles. The molecule has 2 aromatic carbocycles. The maximum absolute atomic E-state index is 13.3. The van der Waals surface area contributed by atoms with Gasteiger partial charge in [-0.05, 0) is 55.5 Å². The molecule has 1 fully saturated rings. The monoisotopic (exact) mass is 582 g/mol. The number of sulfone groups is 1. The van der Waals surface area contributed by atoms with Crippen molar-refractivity contribution in [3.8, 4) is 0 Å². The van der Waals surface area contributed by atoms with Gasteiger partial charge in [-0.1, -0.05) is 60.7 Å². The molecule has 0 saturated heterocycles. The highest BCUT2D eigenvalue weighted by atomic mass is 35.5. The van der Waals surface area contributed by atoms with Gasteiger partial charge in [-0.15, -0.1) is 0 Å². The lowest BCUT2D eigenvalue weighted by Crippen LogP contribution is -2.48. The lowest BCUT2D eigenvalue weighted by Gasteiger charge is -2.29. The lowest BCUT2D eigenvalue weighted by atomic mass is 9.80. The van der Waals surface area contributed by atoms with Crippen LogP contribution in [0.25, 0.3) is 0 Å². The zero-order valence-electron chi connectivity index (χ0n) is 21.1. The maximum atomic E-state index is 13.3. The van der Waals surface area contributed by atoms with E-state index in [9.17, 15) is 27.9 Å². The topological polar surface area (TPSA) is 130 Å². The molecule has 2 aromatic rings. The van der Waals surface area contributed by atoms with Crippen LogP contribution in [0.5, 0.6) is 0 Å². The number of hydrogen-bond donors (Lipinski definition) is 3. The number of anilines is 1. The fraction of sp³-hybridized carbons (Fsp3) is 0.444. The van der Waals surface area contributed by atoms with Crippen molar-refractivity contribution in [2.24, 2.45) is 5.41 Å². The summed E-state index contributed by atoms with van der Waals surface area (Å²) in [7, 11) is -3.07. The van der Waals surface area contributed by atoms with Crippen molar-refractivity contribution in [3.63, 3.8) is 0 Å². The number of hydrogen-bond acceptors (Lipinski definition) is 5. The van der Waals surface area contributed by atoms with Gasteiger partial charge in [0.2, 0.25) is 5.91 Å². The van der Waals surface area contributed by atoms with Crippen molar-refractivity contribution in [1.82, 2.24) is 5.32 Å². The first kappa shape index (κ1) is 29.9. The Balaban J connectivity index is 1.63. The highest BCUT2D eigenvalue weighted by Crippen LogP contribution is 2.42. The van der Waals surface area contributed by atoms with Crippen LogP contribution in [-0.4, -0.2) is 49.4 Å². The predicted octanol–water partition coefficient (Wildman–Crippen LogP) is 5.13. The van der Waals surface area contributed by atoms with Crippen molar-refractivity contribution < 1.29 is 27.9 Å². The minimum absolute atomic E-state index is 0.0653. The number of carboxylic acid groups (broad SMARTS) is 1. The van der Waals surface area contributed by atoms with Gasteiger partial charge in [0, 0.05) is 29.5 Å². The zero-order chi connectivity index (χ0) is 27.9. The average Bonchev–Trinajstić information content (AvgIpc) is 3.32. The number of unbranched alkanes of at least 4 members (excludes halogenated alkanes) is 1. The van der Waals surface area contributed by atoms with Crippen LogP contribution < -0.4 is 10.6 Å². The molecule has 0 unspecified atom stereocenters. The molecule has 1 saturated carbocycles. The Morgan fingerprint density at radius 1 is 1.00 bits per heavy atom. The highest BCUT2D eigenvalue weighted by molar-refractivity contribution is 7.90. The first-order chi connectivity index (χ1) is 17.9. The Kier molecular flexibility index (Phi) is 10.2. The molecule has 0 aromatic heterocycles. The summed E-state index contributed by atoms with van der Waals surface area (Å²) in [6.07, 6.45) is 5.93. The maximum Gasteiger partial charge on any atom is 0.326 e. The fourth-order valence-corrected chi connectivity index (χ4v) is 6.15. The van der Waals surface area contributed by atoms with E-state index in [4.69, 9.17) is 23.2 Å². The predicted molar refractivity (Wildman–Crippen MR) is 149 cm³/mol. The van der Waals surface area contributed by atoms with Crippen LogP contribution in [0.3, 0.4) is 0 Å². The summed E-state index contributed by atoms with van der Waals surface area (Å²) in [4.78, 5) is 37.9. The zero-order valence-corrected chi connectivity index (χ0v) is 23.5. The molecule has 0 bridgehead atoms. The number of carbonyl (C=O) groups excluding carboxylic acids is 2. The van der Waals surface area contributed by atoms with Crippen molar-refractivity contribution in [3.05, 3.63) is 63.6 Å². The lowest BCUT2D eigenvalue weighted by molar-refractivity contribution is -0.144. The molecule has 0 spiro atoms. The van der Waals surface area contributed by atoms with E-state index in [1.165, 1.54) is 6.26 Å². The Morgan fingerprint density at radius 2 is 1.61 bits per heavy atom. The second-order valence-corrected chi connectivity index (χ2v) is 13.0. The van der Waals surface area contributed by atoms with E-state index in [0.29, 0.717) is 43.4 Å². The van der Waals surface area contributed by atoms with Crippen LogP contribution in [-0.2, 0) is 25.8 Å². The Morgan fingerprint density at radius 3 is 2.16 bits per heavy atom. The summed E-state index contributed by atoms with van der Waals surface area (Å²) < 4.78 is 22.8. The van der Waals surface area contributed by atoms with E-state index in [2.05, 4.69) is 10.6 Å². The normalized spacial score (nSPS) is 15.6. The third-order valence-electron chi connectivity index (χ3n) is 6.91. The van der Waals surface area contributed by atoms with Gasteiger partial charge < -0.3 is 15.7 Å². The SMILES string of the molecule is CS(=O)(=O)CCCCC1(C(=O)N[C@@H](Cc2ccc(NC(=O)c3c(Cl)cccc3Cl)cc2)C(=O)O)CCCC1. The van der Waals surface area contributed by atoms with Gasteiger partial charge in [0.1, 0.15) is 15.9 Å². The third-order valence-corrected chi connectivity index (χ3v) is 8.57. The number of amides is 2. The molecule has 1 atom stereocenters. The van der Waals surface area contributed by atoms with Crippen LogP contribution in [0, 0.1) is 5.41 Å². The van der Waals surface area contributed by atoms with E-state index in [1.54, 1.807) is 42.5 Å². The van der Waals surface area contributed by atoms with Crippen LogP contribution in [0.2, 0.25) is 10.0 Å². The van der Waals surface area contributed by atoms with Gasteiger partial charge in [-0.25, -0.2) is 13.2 Å². The molecule has 1 aliphatic carbocycles. The minimum Gasteiger partial charge on any atom is -0.480 e. The summed E-state index contributed by atoms with van der Waals surface area (Å²) in [5.74, 6) is -1.83. The molecule has 8 nitrogen and oxygen atoms in total. The molecule has 3 N–H and O–H groups in total. The second-order valence-electron chi connectivity index (χ2n) is 9.89. The molecule has 0 aliphatic heterocycles. The molecular weight excluding hydrogens is 551 g/mol. The van der Waals surface area contributed by atoms with E-state index in [-0.39, 0.29) is 33.7 Å². The third kappa shape index (κ3) is 8.19. The Bertz CT molecular complexity index is 1250. The summed E-state index contributed by atoms with van der Waals surface area (Å²) in [5, 5.41) is 15.7. The quantitative estimate of drug-likeness (QED) is 0.297. The van der Waals surface area contributed by atoms with Gasteiger partial charge in [-0.2, -0.15) is 0 Å². The largest absolute Gasteiger partial charge is 0.480 e. The molecule has 206 valence electrons. The first-order valence-corrected chi connectivity index (χ1v) is 15.3. The summed E-state index contributed by atoms with van der Waals surface area (Å²) in [6.45, 7) is 0. The van der Waals surface area contributed by atoms with Gasteiger partial charge >= 0.3 is 5.97 Å². The Labute approximate surface area is 233 Å². The van der Waals surface area contributed by atoms with Crippen LogP contribution >= 0.6 is 23.2 Å². The van der Waals surface area contributed by atoms with Gasteiger partial charge in [-0.3, -0.25) is 9.59 Å². The number of carboxylic acids is 1. The van der Waals surface area contributed by atoms with Crippen molar-refractivity contribution in [2.45, 2.75) is 57.4 Å². The van der Waals surface area contributed by atoms with E-state index < -0.39 is 33.2 Å². The smallest absolute Gasteiger partial charge is 0.326 e. The van der Waals surface area contributed by atoms with Crippen LogP contribution in [0.1, 0.15) is 60.9 Å². The number of halogens is 2. The molecule has 3 rings (SSSR count). The summed E-state index contributed by atoms with van der Waals surface area (Å²) >= 11 is 12.2. The number of benzene rings is 2. The van der Waals surface area contributed by atoms with Crippen molar-refractivity contribution in [2.75, 3.05) is 17.3 Å². The summed E-state index contributed by atoms with van der Waals surface area (Å²) in [5.41, 5.74) is 0.634. The van der Waals surface area contributed by atoms with Gasteiger partial charge in [0.05, 0.1) is 15.6 Å². The minimum atomic E-state index is -3.07. The number of rotatable bonds is 12. The first-order valence-electron chi connectivity index (χ1n) is 12.5. The highest BCUT2D eigenvalue weighted by Gasteiger charge is 2.41. The average molecular weight is 584 g/mol. The van der Waals surface area contributed by atoms with Crippen LogP contribution in [0.15, 0.2) is 42.5 Å². The van der Waals surface area contributed by atoms with Gasteiger partial charge in [0.15, 0.2) is 0 Å². The van der Waals surface area contributed by atoms with Crippen molar-refractivity contribution in [1.29, 1.82) is 0 Å². The van der Waals surface area contributed by atoms with E-state index in [1.807, 2.05) is 0 Å².